The van der Waals surface area contributed by atoms with Gasteiger partial charge in [0.2, 0.25) is 0 Å². The molecular formula is C19H14N2O2S. The average molecular weight is 334 g/mol. The summed E-state index contributed by atoms with van der Waals surface area (Å²) in [6.07, 6.45) is 3.54. The van der Waals surface area contributed by atoms with Gasteiger partial charge in [-0.05, 0) is 40.6 Å². The summed E-state index contributed by atoms with van der Waals surface area (Å²) in [4.78, 5) is 20.4. The number of methoxy groups -OCH3 is 1. The summed E-state index contributed by atoms with van der Waals surface area (Å²) in [5.41, 5.74) is 4.03. The molecule has 0 saturated carbocycles. The van der Waals surface area contributed by atoms with Crippen molar-refractivity contribution in [1.29, 1.82) is 0 Å². The number of nitrogens with zero attached hydrogens (tertiary/aromatic N) is 1. The summed E-state index contributed by atoms with van der Waals surface area (Å²) < 4.78 is 5.21. The van der Waals surface area contributed by atoms with Gasteiger partial charge in [0, 0.05) is 34.5 Å². The van der Waals surface area contributed by atoms with Crippen molar-refractivity contribution < 1.29 is 9.53 Å². The van der Waals surface area contributed by atoms with Crippen LogP contribution >= 0.6 is 11.3 Å². The van der Waals surface area contributed by atoms with Gasteiger partial charge in [-0.15, -0.1) is 0 Å². The van der Waals surface area contributed by atoms with Gasteiger partial charge in [0.15, 0.2) is 5.78 Å². The number of thiophene rings is 1. The molecule has 3 heterocycles. The number of fused-ring (bicyclic) bond motifs is 1. The van der Waals surface area contributed by atoms with Gasteiger partial charge in [0.1, 0.15) is 11.4 Å². The van der Waals surface area contributed by atoms with Crippen molar-refractivity contribution in [2.45, 2.75) is 0 Å². The predicted molar refractivity (Wildman–Crippen MR) is 95.8 cm³/mol. The first-order chi connectivity index (χ1) is 11.8. The number of carbonyl (C=O) groups excluding carboxylic acids is 1. The Hall–Kier alpha value is -2.92. The largest absolute Gasteiger partial charge is 0.497 e. The number of hydrogen-bond donors (Lipinski definition) is 1. The molecule has 4 rings (SSSR count). The third kappa shape index (κ3) is 2.49. The van der Waals surface area contributed by atoms with Crippen molar-refractivity contribution in [2.75, 3.05) is 7.11 Å². The van der Waals surface area contributed by atoms with Crippen molar-refractivity contribution >= 4 is 28.2 Å². The lowest BCUT2D eigenvalue weighted by Crippen LogP contribution is -2.00. The summed E-state index contributed by atoms with van der Waals surface area (Å²) in [6.45, 7) is 0. The van der Waals surface area contributed by atoms with Crippen LogP contribution in [0.2, 0.25) is 0 Å². The van der Waals surface area contributed by atoms with Crippen LogP contribution in [0.1, 0.15) is 15.9 Å². The zero-order valence-electron chi connectivity index (χ0n) is 12.9. The second kappa shape index (κ2) is 5.94. The third-order valence-electron chi connectivity index (χ3n) is 3.96. The molecule has 24 heavy (non-hydrogen) atoms. The fourth-order valence-electron chi connectivity index (χ4n) is 2.70. The normalized spacial score (nSPS) is 10.9. The van der Waals surface area contributed by atoms with E-state index >= 15 is 0 Å². The third-order valence-corrected chi connectivity index (χ3v) is 4.65. The Balaban J connectivity index is 1.81. The maximum atomic E-state index is 12.9. The Morgan fingerprint density at radius 3 is 2.92 bits per heavy atom. The van der Waals surface area contributed by atoms with Gasteiger partial charge < -0.3 is 9.72 Å². The Bertz CT molecular complexity index is 1020. The van der Waals surface area contributed by atoms with Crippen LogP contribution in [0.5, 0.6) is 5.75 Å². The van der Waals surface area contributed by atoms with E-state index in [1.54, 1.807) is 36.8 Å². The lowest BCUT2D eigenvalue weighted by Gasteiger charge is -2.04. The Morgan fingerprint density at radius 2 is 2.12 bits per heavy atom. The van der Waals surface area contributed by atoms with Crippen LogP contribution < -0.4 is 4.74 Å². The molecule has 1 N–H and O–H groups in total. The second-order valence-electron chi connectivity index (χ2n) is 5.40. The van der Waals surface area contributed by atoms with Crippen molar-refractivity contribution in [3.8, 4) is 16.9 Å². The molecule has 0 radical (unpaired) electrons. The van der Waals surface area contributed by atoms with Crippen molar-refractivity contribution in [3.63, 3.8) is 0 Å². The molecule has 0 aliphatic heterocycles. The standard InChI is InChI=1S/C19H14N2O2S/c1-23-15-4-2-3-12(7-15)18(22)17-10-21-19-16(17)8-14(9-20-19)13-5-6-24-11-13/h2-11H,1H3,(H,20,21). The van der Waals surface area contributed by atoms with E-state index in [-0.39, 0.29) is 5.78 Å². The zero-order valence-corrected chi connectivity index (χ0v) is 13.8. The van der Waals surface area contributed by atoms with Crippen LogP contribution in [0, 0.1) is 0 Å². The molecule has 0 aliphatic rings. The molecule has 3 aromatic heterocycles. The fourth-order valence-corrected chi connectivity index (χ4v) is 3.36. The number of H-pyrrole nitrogens is 1. The van der Waals surface area contributed by atoms with Gasteiger partial charge in [-0.2, -0.15) is 11.3 Å². The predicted octanol–water partition coefficient (Wildman–Crippen LogP) is 4.53. The summed E-state index contributed by atoms with van der Waals surface area (Å²) in [5.74, 6) is 0.613. The molecule has 0 saturated heterocycles. The van der Waals surface area contributed by atoms with Gasteiger partial charge in [0.25, 0.3) is 0 Å². The highest BCUT2D eigenvalue weighted by Gasteiger charge is 2.16. The monoisotopic (exact) mass is 334 g/mol. The van der Waals surface area contributed by atoms with E-state index in [1.807, 2.05) is 35.8 Å². The minimum Gasteiger partial charge on any atom is -0.497 e. The second-order valence-corrected chi connectivity index (χ2v) is 6.18. The molecule has 0 fully saturated rings. The van der Waals surface area contributed by atoms with Gasteiger partial charge >= 0.3 is 0 Å². The molecule has 4 nitrogen and oxygen atoms in total. The Morgan fingerprint density at radius 1 is 1.21 bits per heavy atom. The topological polar surface area (TPSA) is 55.0 Å². The zero-order chi connectivity index (χ0) is 16.5. The molecule has 0 amide bonds. The summed E-state index contributed by atoms with van der Waals surface area (Å²) in [7, 11) is 1.59. The van der Waals surface area contributed by atoms with E-state index in [4.69, 9.17) is 4.74 Å². The maximum absolute atomic E-state index is 12.9. The number of ketones is 1. The number of aromatic nitrogens is 2. The lowest BCUT2D eigenvalue weighted by atomic mass is 10.0. The first-order valence-corrected chi connectivity index (χ1v) is 8.39. The number of benzene rings is 1. The number of rotatable bonds is 4. The number of carbonyl (C=O) groups is 1. The van der Waals surface area contributed by atoms with E-state index in [0.29, 0.717) is 22.5 Å². The molecule has 0 bridgehead atoms. The maximum Gasteiger partial charge on any atom is 0.195 e. The molecule has 5 heteroatoms. The number of ether oxygens (including phenoxy) is 1. The van der Waals surface area contributed by atoms with Crippen LogP contribution in [0.4, 0.5) is 0 Å². The van der Waals surface area contributed by atoms with E-state index in [1.165, 1.54) is 0 Å². The highest BCUT2D eigenvalue weighted by atomic mass is 32.1. The van der Waals surface area contributed by atoms with Gasteiger partial charge in [-0.25, -0.2) is 4.98 Å². The van der Waals surface area contributed by atoms with Crippen LogP contribution in [0.3, 0.4) is 0 Å². The average Bonchev–Trinajstić information content (AvgIpc) is 3.30. The first-order valence-electron chi connectivity index (χ1n) is 7.45. The van der Waals surface area contributed by atoms with Gasteiger partial charge in [-0.1, -0.05) is 12.1 Å². The number of hydrogen-bond acceptors (Lipinski definition) is 4. The summed E-state index contributed by atoms with van der Waals surface area (Å²) in [5, 5.41) is 4.92. The molecule has 0 spiro atoms. The van der Waals surface area contributed by atoms with Crippen molar-refractivity contribution in [3.05, 3.63) is 70.7 Å². The number of nitrogens with one attached hydrogen (secondary N) is 1. The first kappa shape index (κ1) is 14.7. The minimum absolute atomic E-state index is 0.0515. The summed E-state index contributed by atoms with van der Waals surface area (Å²) in [6, 6.07) is 11.2. The van der Waals surface area contributed by atoms with E-state index in [0.717, 1.165) is 16.5 Å². The van der Waals surface area contributed by atoms with E-state index < -0.39 is 0 Å². The minimum atomic E-state index is -0.0515. The molecule has 118 valence electrons. The fraction of sp³-hybridized carbons (Fsp3) is 0.0526. The quantitative estimate of drug-likeness (QED) is 0.558. The van der Waals surface area contributed by atoms with Crippen molar-refractivity contribution in [1.82, 2.24) is 9.97 Å². The van der Waals surface area contributed by atoms with Crippen molar-refractivity contribution in [2.24, 2.45) is 0 Å². The molecule has 0 unspecified atom stereocenters. The molecule has 0 aliphatic carbocycles. The Kier molecular flexibility index (Phi) is 3.63. The van der Waals surface area contributed by atoms with Gasteiger partial charge in [0.05, 0.1) is 7.11 Å². The molecular weight excluding hydrogens is 320 g/mol. The smallest absolute Gasteiger partial charge is 0.195 e. The van der Waals surface area contributed by atoms with E-state index in [9.17, 15) is 4.79 Å². The van der Waals surface area contributed by atoms with Gasteiger partial charge in [-0.3, -0.25) is 4.79 Å². The SMILES string of the molecule is COc1cccc(C(=O)c2c[nH]c3ncc(-c4ccsc4)cc23)c1. The summed E-state index contributed by atoms with van der Waals surface area (Å²) >= 11 is 1.64. The van der Waals surface area contributed by atoms with Crippen LogP contribution in [0.15, 0.2) is 59.6 Å². The molecule has 0 atom stereocenters. The molecule has 4 aromatic rings. The number of pyridine rings is 1. The van der Waals surface area contributed by atoms with E-state index in [2.05, 4.69) is 15.3 Å². The van der Waals surface area contributed by atoms with Crippen LogP contribution in [-0.4, -0.2) is 22.9 Å². The number of aromatic amines is 1. The van der Waals surface area contributed by atoms with Crippen LogP contribution in [-0.2, 0) is 0 Å². The highest BCUT2D eigenvalue weighted by molar-refractivity contribution is 7.08. The Labute approximate surface area is 142 Å². The van der Waals surface area contributed by atoms with Crippen LogP contribution in [0.25, 0.3) is 22.2 Å². The lowest BCUT2D eigenvalue weighted by molar-refractivity contribution is 0.104. The molecule has 1 aromatic carbocycles. The highest BCUT2D eigenvalue weighted by Crippen LogP contribution is 2.27.